The van der Waals surface area contributed by atoms with Gasteiger partial charge < -0.3 is 14.8 Å². The Hall–Kier alpha value is -0.910. The highest BCUT2D eigenvalue weighted by molar-refractivity contribution is 7.12. The molecule has 2 heterocycles. The smallest absolute Gasteiger partial charge is 0.310 e. The fourth-order valence-corrected chi connectivity index (χ4v) is 2.93. The zero-order chi connectivity index (χ0) is 12.8. The summed E-state index contributed by atoms with van der Waals surface area (Å²) in [6.45, 7) is 2.59. The molecule has 0 atom stereocenters. The number of nitrogens with one attached hydrogen (secondary N) is 1. The molecular formula is C13H19NO3S. The monoisotopic (exact) mass is 269 g/mol. The lowest BCUT2D eigenvalue weighted by Gasteiger charge is -2.22. The van der Waals surface area contributed by atoms with Gasteiger partial charge in [0.1, 0.15) is 0 Å². The van der Waals surface area contributed by atoms with E-state index in [4.69, 9.17) is 4.74 Å². The lowest BCUT2D eigenvalue weighted by molar-refractivity contribution is -0.139. The van der Waals surface area contributed by atoms with Gasteiger partial charge in [-0.1, -0.05) is 0 Å². The molecule has 0 spiro atoms. The fourth-order valence-electron chi connectivity index (χ4n) is 1.97. The number of carbonyl (C=O) groups is 1. The molecule has 1 aliphatic heterocycles. The summed E-state index contributed by atoms with van der Waals surface area (Å²) >= 11 is 1.67. The van der Waals surface area contributed by atoms with E-state index in [0.717, 1.165) is 37.5 Å². The van der Waals surface area contributed by atoms with Crippen LogP contribution in [-0.4, -0.2) is 32.3 Å². The van der Waals surface area contributed by atoms with Crippen LogP contribution < -0.4 is 5.32 Å². The van der Waals surface area contributed by atoms with Crippen molar-refractivity contribution in [1.29, 1.82) is 0 Å². The number of carbonyl (C=O) groups excluding carboxylic acids is 1. The zero-order valence-electron chi connectivity index (χ0n) is 10.6. The molecule has 1 saturated heterocycles. The van der Waals surface area contributed by atoms with Crippen molar-refractivity contribution in [2.75, 3.05) is 20.3 Å². The largest absolute Gasteiger partial charge is 0.469 e. The van der Waals surface area contributed by atoms with Crippen LogP contribution in [0.1, 0.15) is 22.6 Å². The number of esters is 1. The van der Waals surface area contributed by atoms with E-state index in [2.05, 4.69) is 16.1 Å². The molecule has 1 aromatic heterocycles. The van der Waals surface area contributed by atoms with Gasteiger partial charge in [0, 0.05) is 35.6 Å². The van der Waals surface area contributed by atoms with Crippen LogP contribution >= 0.6 is 11.3 Å². The van der Waals surface area contributed by atoms with Gasteiger partial charge in [-0.3, -0.25) is 4.79 Å². The van der Waals surface area contributed by atoms with Crippen molar-refractivity contribution in [2.45, 2.75) is 31.8 Å². The summed E-state index contributed by atoms with van der Waals surface area (Å²) < 4.78 is 9.98. The van der Waals surface area contributed by atoms with Gasteiger partial charge >= 0.3 is 5.97 Å². The summed E-state index contributed by atoms with van der Waals surface area (Å²) in [5, 5.41) is 3.53. The van der Waals surface area contributed by atoms with Crippen LogP contribution in [0.3, 0.4) is 0 Å². The van der Waals surface area contributed by atoms with E-state index in [1.165, 1.54) is 12.0 Å². The SMILES string of the molecule is COC(=O)Cc1ccc(CNC2CCOCC2)s1. The minimum absolute atomic E-state index is 0.180. The third-order valence-electron chi connectivity index (χ3n) is 3.05. The number of thiophene rings is 1. The molecule has 1 aliphatic rings. The first-order valence-electron chi connectivity index (χ1n) is 6.23. The summed E-state index contributed by atoms with van der Waals surface area (Å²) in [6.07, 6.45) is 2.54. The normalized spacial score (nSPS) is 16.7. The molecule has 5 heteroatoms. The number of hydrogen-bond acceptors (Lipinski definition) is 5. The van der Waals surface area contributed by atoms with Crippen molar-refractivity contribution in [2.24, 2.45) is 0 Å². The lowest BCUT2D eigenvalue weighted by Crippen LogP contribution is -2.34. The average molecular weight is 269 g/mol. The molecule has 0 unspecified atom stereocenters. The second-order valence-corrected chi connectivity index (χ2v) is 5.64. The maximum absolute atomic E-state index is 11.2. The van der Waals surface area contributed by atoms with E-state index in [-0.39, 0.29) is 5.97 Å². The van der Waals surface area contributed by atoms with E-state index in [1.807, 2.05) is 6.07 Å². The third kappa shape index (κ3) is 4.08. The Morgan fingerprint density at radius 3 is 2.89 bits per heavy atom. The second kappa shape index (κ2) is 6.87. The quantitative estimate of drug-likeness (QED) is 0.827. The molecule has 1 fully saturated rings. The van der Waals surface area contributed by atoms with Crippen LogP contribution in [0, 0.1) is 0 Å². The predicted octanol–water partition coefficient (Wildman–Crippen LogP) is 1.73. The van der Waals surface area contributed by atoms with Gasteiger partial charge in [-0.15, -0.1) is 11.3 Å². The van der Waals surface area contributed by atoms with Crippen LogP contribution in [0.15, 0.2) is 12.1 Å². The molecule has 1 N–H and O–H groups in total. The Morgan fingerprint density at radius 1 is 1.44 bits per heavy atom. The van der Waals surface area contributed by atoms with Crippen molar-refractivity contribution >= 4 is 17.3 Å². The summed E-state index contributed by atoms with van der Waals surface area (Å²) in [4.78, 5) is 13.5. The number of ether oxygens (including phenoxy) is 2. The molecular weight excluding hydrogens is 250 g/mol. The summed E-state index contributed by atoms with van der Waals surface area (Å²) in [7, 11) is 1.42. The predicted molar refractivity (Wildman–Crippen MR) is 70.7 cm³/mol. The molecule has 4 nitrogen and oxygen atoms in total. The van der Waals surface area contributed by atoms with Crippen LogP contribution in [0.5, 0.6) is 0 Å². The van der Waals surface area contributed by atoms with E-state index >= 15 is 0 Å². The second-order valence-electron chi connectivity index (χ2n) is 4.39. The molecule has 100 valence electrons. The molecule has 0 bridgehead atoms. The van der Waals surface area contributed by atoms with Gasteiger partial charge in [-0.2, -0.15) is 0 Å². The fraction of sp³-hybridized carbons (Fsp3) is 0.615. The van der Waals surface area contributed by atoms with Crippen LogP contribution in [0.2, 0.25) is 0 Å². The van der Waals surface area contributed by atoms with E-state index < -0.39 is 0 Å². The summed E-state index contributed by atoms with van der Waals surface area (Å²) in [5.74, 6) is -0.180. The van der Waals surface area contributed by atoms with Crippen molar-refractivity contribution < 1.29 is 14.3 Å². The first-order valence-corrected chi connectivity index (χ1v) is 7.05. The Labute approximate surface area is 111 Å². The maximum Gasteiger partial charge on any atom is 0.310 e. The molecule has 0 saturated carbocycles. The van der Waals surface area contributed by atoms with Crippen molar-refractivity contribution in [3.8, 4) is 0 Å². The van der Waals surface area contributed by atoms with Gasteiger partial charge in [0.25, 0.3) is 0 Å². The van der Waals surface area contributed by atoms with Gasteiger partial charge in [-0.25, -0.2) is 0 Å². The Kier molecular flexibility index (Phi) is 5.16. The summed E-state index contributed by atoms with van der Waals surface area (Å²) in [6, 6.07) is 4.64. The van der Waals surface area contributed by atoms with Gasteiger partial charge in [0.05, 0.1) is 13.5 Å². The lowest BCUT2D eigenvalue weighted by atomic mass is 10.1. The highest BCUT2D eigenvalue weighted by Crippen LogP contribution is 2.18. The first-order chi connectivity index (χ1) is 8.78. The number of methoxy groups -OCH3 is 1. The first kappa shape index (κ1) is 13.5. The topological polar surface area (TPSA) is 47.6 Å². The van der Waals surface area contributed by atoms with Crippen LogP contribution in [0.25, 0.3) is 0 Å². The maximum atomic E-state index is 11.2. The molecule has 0 aliphatic carbocycles. The number of rotatable bonds is 5. The summed E-state index contributed by atoms with van der Waals surface area (Å²) in [5.41, 5.74) is 0. The van der Waals surface area contributed by atoms with Crippen molar-refractivity contribution in [3.05, 3.63) is 21.9 Å². The van der Waals surface area contributed by atoms with E-state index in [0.29, 0.717) is 12.5 Å². The zero-order valence-corrected chi connectivity index (χ0v) is 11.4. The van der Waals surface area contributed by atoms with Gasteiger partial charge in [0.15, 0.2) is 0 Å². The third-order valence-corrected chi connectivity index (χ3v) is 4.14. The van der Waals surface area contributed by atoms with Crippen LogP contribution in [-0.2, 0) is 27.2 Å². The minimum atomic E-state index is -0.180. The highest BCUT2D eigenvalue weighted by Gasteiger charge is 2.13. The van der Waals surface area contributed by atoms with Crippen molar-refractivity contribution in [3.63, 3.8) is 0 Å². The van der Waals surface area contributed by atoms with E-state index in [1.54, 1.807) is 11.3 Å². The Balaban J connectivity index is 1.77. The molecule has 0 aromatic carbocycles. The molecule has 2 rings (SSSR count). The Morgan fingerprint density at radius 2 is 2.17 bits per heavy atom. The molecule has 18 heavy (non-hydrogen) atoms. The average Bonchev–Trinajstić information content (AvgIpc) is 2.85. The molecule has 0 radical (unpaired) electrons. The van der Waals surface area contributed by atoms with Gasteiger partial charge in [0.2, 0.25) is 0 Å². The Bertz CT molecular complexity index is 385. The van der Waals surface area contributed by atoms with Crippen LogP contribution in [0.4, 0.5) is 0 Å². The minimum Gasteiger partial charge on any atom is -0.469 e. The standard InChI is InChI=1S/C13H19NO3S/c1-16-13(15)8-11-2-3-12(18-11)9-14-10-4-6-17-7-5-10/h2-3,10,14H,4-9H2,1H3. The molecule has 0 amide bonds. The molecule has 1 aromatic rings. The van der Waals surface area contributed by atoms with Gasteiger partial charge in [-0.05, 0) is 25.0 Å². The van der Waals surface area contributed by atoms with E-state index in [9.17, 15) is 4.79 Å². The highest BCUT2D eigenvalue weighted by atomic mass is 32.1. The number of hydrogen-bond donors (Lipinski definition) is 1. The van der Waals surface area contributed by atoms with Crippen molar-refractivity contribution in [1.82, 2.24) is 5.32 Å².